The Hall–Kier alpha value is -3.32. The second-order valence-electron chi connectivity index (χ2n) is 5.86. The van der Waals surface area contributed by atoms with Crippen LogP contribution in [0.25, 0.3) is 0 Å². The van der Waals surface area contributed by atoms with Gasteiger partial charge in [-0.05, 0) is 47.8 Å². The van der Waals surface area contributed by atoms with E-state index in [1.165, 1.54) is 28.6 Å². The molecule has 27 heavy (non-hydrogen) atoms. The first-order chi connectivity index (χ1) is 13.1. The third-order valence-electron chi connectivity index (χ3n) is 4.36. The van der Waals surface area contributed by atoms with Gasteiger partial charge in [0.1, 0.15) is 11.8 Å². The van der Waals surface area contributed by atoms with E-state index in [1.54, 1.807) is 37.4 Å². The summed E-state index contributed by atoms with van der Waals surface area (Å²) in [6.07, 6.45) is 1.38. The zero-order valence-corrected chi connectivity index (χ0v) is 15.1. The number of hydrogen-bond acceptors (Lipinski definition) is 6. The van der Waals surface area contributed by atoms with Crippen LogP contribution < -0.4 is 9.64 Å². The third kappa shape index (κ3) is 2.82. The topological polar surface area (TPSA) is 80.0 Å². The van der Waals surface area contributed by atoms with Crippen molar-refractivity contribution in [1.29, 1.82) is 0 Å². The van der Waals surface area contributed by atoms with Crippen LogP contribution in [0.2, 0.25) is 0 Å². The molecule has 0 saturated carbocycles. The Labute approximate surface area is 158 Å². The van der Waals surface area contributed by atoms with Crippen molar-refractivity contribution in [1.82, 2.24) is 0 Å². The minimum Gasteiger partial charge on any atom is -0.503 e. The van der Waals surface area contributed by atoms with Gasteiger partial charge < -0.3 is 14.3 Å². The molecular weight excluding hydrogens is 366 g/mol. The second-order valence-corrected chi connectivity index (χ2v) is 6.84. The van der Waals surface area contributed by atoms with Crippen molar-refractivity contribution < 1.29 is 23.8 Å². The monoisotopic (exact) mass is 381 g/mol. The number of anilines is 1. The number of nitrogens with zero attached hydrogens (tertiary/aromatic N) is 1. The van der Waals surface area contributed by atoms with Crippen molar-refractivity contribution >= 4 is 28.7 Å². The number of ether oxygens (including phenoxy) is 1. The predicted octanol–water partition coefficient (Wildman–Crippen LogP) is 4.13. The Morgan fingerprint density at radius 2 is 1.96 bits per heavy atom. The number of furan rings is 1. The Kier molecular flexibility index (Phi) is 4.29. The van der Waals surface area contributed by atoms with Crippen LogP contribution in [0.5, 0.6) is 5.75 Å². The van der Waals surface area contributed by atoms with Crippen LogP contribution in [-0.2, 0) is 4.79 Å². The van der Waals surface area contributed by atoms with Crippen molar-refractivity contribution in [3.05, 3.63) is 82.1 Å². The van der Waals surface area contributed by atoms with Gasteiger partial charge in [-0.2, -0.15) is 0 Å². The summed E-state index contributed by atoms with van der Waals surface area (Å²) in [4.78, 5) is 28.0. The van der Waals surface area contributed by atoms with Crippen LogP contribution >= 0.6 is 11.3 Å². The molecule has 3 heterocycles. The van der Waals surface area contributed by atoms with Crippen molar-refractivity contribution in [2.24, 2.45) is 0 Å². The Morgan fingerprint density at radius 3 is 2.56 bits per heavy atom. The molecule has 1 atom stereocenters. The quantitative estimate of drug-likeness (QED) is 0.672. The van der Waals surface area contributed by atoms with Crippen LogP contribution in [0.15, 0.2) is 75.9 Å². The molecule has 6 nitrogen and oxygen atoms in total. The van der Waals surface area contributed by atoms with E-state index in [0.29, 0.717) is 11.4 Å². The zero-order valence-electron chi connectivity index (χ0n) is 14.3. The highest BCUT2D eigenvalue weighted by Gasteiger charge is 2.45. The van der Waals surface area contributed by atoms with Crippen molar-refractivity contribution in [3.8, 4) is 5.75 Å². The number of aliphatic hydroxyl groups excluding tert-OH is 1. The Balaban J connectivity index is 1.83. The van der Waals surface area contributed by atoms with E-state index in [4.69, 9.17) is 9.15 Å². The summed E-state index contributed by atoms with van der Waals surface area (Å²) in [5, 5.41) is 12.4. The molecule has 4 rings (SSSR count). The molecule has 0 bridgehead atoms. The SMILES string of the molecule is COc1ccc(N2C(=O)C(O)=C(C(=O)c3ccco3)C2c2cccs2)cc1. The molecule has 1 amide bonds. The number of rotatable bonds is 5. The zero-order chi connectivity index (χ0) is 19.0. The molecular formula is C20H15NO5S. The molecule has 0 radical (unpaired) electrons. The van der Waals surface area contributed by atoms with Gasteiger partial charge in [0.15, 0.2) is 11.5 Å². The molecule has 1 aliphatic rings. The minimum absolute atomic E-state index is 0.00761. The summed E-state index contributed by atoms with van der Waals surface area (Å²) in [5.41, 5.74) is 0.557. The van der Waals surface area contributed by atoms with Gasteiger partial charge in [-0.25, -0.2) is 0 Å². The molecule has 0 spiro atoms. The van der Waals surface area contributed by atoms with Crippen molar-refractivity contribution in [2.45, 2.75) is 6.04 Å². The lowest BCUT2D eigenvalue weighted by Crippen LogP contribution is -2.30. The highest BCUT2D eigenvalue weighted by molar-refractivity contribution is 7.10. The number of carbonyl (C=O) groups excluding carboxylic acids is 2. The van der Waals surface area contributed by atoms with E-state index in [9.17, 15) is 14.7 Å². The standard InChI is InChI=1S/C20H15NO5S/c1-25-13-8-6-12(7-9-13)21-17(15-5-3-11-27-15)16(19(23)20(21)24)18(22)14-4-2-10-26-14/h2-11,17,23H,1H3. The maximum absolute atomic E-state index is 12.9. The maximum atomic E-state index is 12.9. The number of Topliss-reactive ketones (excluding diaryl/α,β-unsaturated/α-hetero) is 1. The number of methoxy groups -OCH3 is 1. The van der Waals surface area contributed by atoms with Gasteiger partial charge in [0, 0.05) is 10.6 Å². The van der Waals surface area contributed by atoms with E-state index >= 15 is 0 Å². The molecule has 1 N–H and O–H groups in total. The number of carbonyl (C=O) groups is 2. The predicted molar refractivity (Wildman–Crippen MR) is 100 cm³/mol. The van der Waals surface area contributed by atoms with Gasteiger partial charge >= 0.3 is 0 Å². The summed E-state index contributed by atoms with van der Waals surface area (Å²) in [7, 11) is 1.55. The molecule has 0 fully saturated rings. The lowest BCUT2D eigenvalue weighted by Gasteiger charge is -2.25. The van der Waals surface area contributed by atoms with Gasteiger partial charge in [0.05, 0.1) is 18.9 Å². The molecule has 1 aliphatic heterocycles. The average Bonchev–Trinajstić information content (AvgIpc) is 3.44. The van der Waals surface area contributed by atoms with Crippen LogP contribution in [0.1, 0.15) is 21.5 Å². The van der Waals surface area contributed by atoms with Crippen molar-refractivity contribution in [2.75, 3.05) is 12.0 Å². The summed E-state index contributed by atoms with van der Waals surface area (Å²) in [6.45, 7) is 0. The van der Waals surface area contributed by atoms with Gasteiger partial charge in [-0.1, -0.05) is 6.07 Å². The summed E-state index contributed by atoms with van der Waals surface area (Å²) >= 11 is 1.40. The molecule has 1 aromatic carbocycles. The molecule has 7 heteroatoms. The fraction of sp³-hybridized carbons (Fsp3) is 0.100. The van der Waals surface area contributed by atoms with Crippen LogP contribution in [0.4, 0.5) is 5.69 Å². The number of ketones is 1. The number of hydrogen-bond donors (Lipinski definition) is 1. The Morgan fingerprint density at radius 1 is 1.19 bits per heavy atom. The van der Waals surface area contributed by atoms with Gasteiger partial charge in [0.25, 0.3) is 5.91 Å². The minimum atomic E-state index is -0.733. The first-order valence-electron chi connectivity index (χ1n) is 8.14. The fourth-order valence-electron chi connectivity index (χ4n) is 3.10. The largest absolute Gasteiger partial charge is 0.503 e. The number of thiophene rings is 1. The van der Waals surface area contributed by atoms with E-state index in [-0.39, 0.29) is 11.3 Å². The molecule has 0 saturated heterocycles. The average molecular weight is 381 g/mol. The summed E-state index contributed by atoms with van der Waals surface area (Å²) < 4.78 is 10.3. The van der Waals surface area contributed by atoms with Crippen LogP contribution in [-0.4, -0.2) is 23.9 Å². The van der Waals surface area contributed by atoms with E-state index < -0.39 is 23.5 Å². The van der Waals surface area contributed by atoms with E-state index in [2.05, 4.69) is 0 Å². The number of amides is 1. The number of benzene rings is 1. The highest BCUT2D eigenvalue weighted by atomic mass is 32.1. The van der Waals surface area contributed by atoms with Gasteiger partial charge in [-0.15, -0.1) is 11.3 Å². The smallest absolute Gasteiger partial charge is 0.294 e. The molecule has 3 aromatic rings. The fourth-order valence-corrected chi connectivity index (χ4v) is 3.93. The van der Waals surface area contributed by atoms with E-state index in [1.807, 2.05) is 17.5 Å². The van der Waals surface area contributed by atoms with Crippen LogP contribution in [0, 0.1) is 0 Å². The molecule has 0 aliphatic carbocycles. The van der Waals surface area contributed by atoms with Gasteiger partial charge in [-0.3, -0.25) is 14.5 Å². The summed E-state index contributed by atoms with van der Waals surface area (Å²) in [5.74, 6) is -0.996. The lowest BCUT2D eigenvalue weighted by atomic mass is 10.00. The summed E-state index contributed by atoms with van der Waals surface area (Å²) in [6, 6.07) is 12.9. The third-order valence-corrected chi connectivity index (χ3v) is 5.29. The number of aliphatic hydroxyl groups is 1. The maximum Gasteiger partial charge on any atom is 0.294 e. The molecule has 2 aromatic heterocycles. The second kappa shape index (κ2) is 6.77. The molecule has 136 valence electrons. The van der Waals surface area contributed by atoms with Crippen molar-refractivity contribution in [3.63, 3.8) is 0 Å². The van der Waals surface area contributed by atoms with E-state index in [0.717, 1.165) is 4.88 Å². The normalized spacial score (nSPS) is 16.9. The first kappa shape index (κ1) is 17.1. The van der Waals surface area contributed by atoms with Crippen LogP contribution in [0.3, 0.4) is 0 Å². The first-order valence-corrected chi connectivity index (χ1v) is 9.02. The lowest BCUT2D eigenvalue weighted by molar-refractivity contribution is -0.117. The van der Waals surface area contributed by atoms with Gasteiger partial charge in [0.2, 0.25) is 5.78 Å². The Bertz CT molecular complexity index is 1000. The highest BCUT2D eigenvalue weighted by Crippen LogP contribution is 2.43. The molecule has 1 unspecified atom stereocenters.